The zero-order chi connectivity index (χ0) is 22.8. The standard InChI is InChI=1S/C24H26N2O5Si/c1-5-24(29)18-10-20-21-15(11-26(20)22(27)17(18)12-30-23(24)28)8-14-9-16(6-7-19(14)25-21)31-13-32(2,3)4/h6-10,29H,5,11-13H2,1-4H3/t24-/m0/s1. The molecule has 2 aliphatic heterocycles. The molecular weight excluding hydrogens is 424 g/mol. The van der Waals surface area contributed by atoms with E-state index >= 15 is 0 Å². The summed E-state index contributed by atoms with van der Waals surface area (Å²) in [6.45, 7) is 8.74. The number of pyridine rings is 2. The molecule has 0 amide bonds. The van der Waals surface area contributed by atoms with Crippen LogP contribution in [0.15, 0.2) is 35.1 Å². The minimum atomic E-state index is -1.81. The largest absolute Gasteiger partial charge is 0.497 e. The van der Waals surface area contributed by atoms with Gasteiger partial charge in [-0.05, 0) is 36.8 Å². The van der Waals surface area contributed by atoms with Gasteiger partial charge in [0, 0.05) is 16.5 Å². The van der Waals surface area contributed by atoms with E-state index in [4.69, 9.17) is 14.5 Å². The maximum absolute atomic E-state index is 13.2. The molecule has 1 atom stereocenters. The van der Waals surface area contributed by atoms with Crippen molar-refractivity contribution >= 4 is 24.9 Å². The van der Waals surface area contributed by atoms with E-state index in [0.29, 0.717) is 29.1 Å². The number of hydrogen-bond donors (Lipinski definition) is 1. The van der Waals surface area contributed by atoms with Crippen molar-refractivity contribution < 1.29 is 19.4 Å². The normalized spacial score (nSPS) is 19.3. The van der Waals surface area contributed by atoms with E-state index in [1.54, 1.807) is 17.6 Å². The molecule has 0 spiro atoms. The topological polar surface area (TPSA) is 90.7 Å². The molecule has 0 bridgehead atoms. The molecule has 2 aliphatic rings. The van der Waals surface area contributed by atoms with Crippen LogP contribution in [0, 0.1) is 0 Å². The molecule has 0 fully saturated rings. The van der Waals surface area contributed by atoms with Gasteiger partial charge < -0.3 is 19.1 Å². The maximum Gasteiger partial charge on any atom is 0.343 e. The fourth-order valence-corrected chi connectivity index (χ4v) is 4.95. The van der Waals surface area contributed by atoms with Crippen LogP contribution in [0.25, 0.3) is 22.3 Å². The van der Waals surface area contributed by atoms with E-state index < -0.39 is 19.6 Å². The van der Waals surface area contributed by atoms with Crippen LogP contribution in [0.4, 0.5) is 0 Å². The van der Waals surface area contributed by atoms with Crippen LogP contribution in [0.3, 0.4) is 0 Å². The lowest BCUT2D eigenvalue weighted by atomic mass is 9.86. The van der Waals surface area contributed by atoms with Crippen LogP contribution in [-0.4, -0.2) is 34.9 Å². The quantitative estimate of drug-likeness (QED) is 0.379. The summed E-state index contributed by atoms with van der Waals surface area (Å²) in [4.78, 5) is 30.3. The van der Waals surface area contributed by atoms with E-state index in [-0.39, 0.29) is 18.6 Å². The number of carbonyl (C=O) groups excluding carboxylic acids is 1. The van der Waals surface area contributed by atoms with Gasteiger partial charge in [-0.2, -0.15) is 0 Å². The number of cyclic esters (lactones) is 1. The van der Waals surface area contributed by atoms with Crippen LogP contribution < -0.4 is 10.3 Å². The second-order valence-corrected chi connectivity index (χ2v) is 15.2. The Morgan fingerprint density at radius 2 is 2.00 bits per heavy atom. The van der Waals surface area contributed by atoms with Gasteiger partial charge in [0.05, 0.1) is 43.3 Å². The number of aliphatic hydroxyl groups is 1. The molecule has 1 aromatic carbocycles. The third-order valence-electron chi connectivity index (χ3n) is 6.15. The van der Waals surface area contributed by atoms with Gasteiger partial charge in [-0.3, -0.25) is 4.79 Å². The lowest BCUT2D eigenvalue weighted by molar-refractivity contribution is -0.172. The Morgan fingerprint density at radius 1 is 1.22 bits per heavy atom. The first-order valence-corrected chi connectivity index (χ1v) is 14.5. The highest BCUT2D eigenvalue weighted by Gasteiger charge is 2.45. The van der Waals surface area contributed by atoms with E-state index in [1.807, 2.05) is 24.3 Å². The molecule has 32 heavy (non-hydrogen) atoms. The van der Waals surface area contributed by atoms with Gasteiger partial charge in [-0.1, -0.05) is 26.6 Å². The van der Waals surface area contributed by atoms with Gasteiger partial charge >= 0.3 is 5.97 Å². The van der Waals surface area contributed by atoms with Crippen molar-refractivity contribution in [1.82, 2.24) is 9.55 Å². The fourth-order valence-electron chi connectivity index (χ4n) is 4.35. The molecule has 7 nitrogen and oxygen atoms in total. The lowest BCUT2D eigenvalue weighted by Crippen LogP contribution is -2.44. The monoisotopic (exact) mass is 450 g/mol. The van der Waals surface area contributed by atoms with E-state index in [2.05, 4.69) is 19.6 Å². The Bertz CT molecular complexity index is 1340. The average Bonchev–Trinajstić information content (AvgIpc) is 3.11. The zero-order valence-electron chi connectivity index (χ0n) is 18.7. The number of hydrogen-bond acceptors (Lipinski definition) is 6. The van der Waals surface area contributed by atoms with Crippen LogP contribution in [0.5, 0.6) is 5.75 Å². The number of benzene rings is 1. The first-order valence-electron chi connectivity index (χ1n) is 10.8. The number of ether oxygens (including phenoxy) is 2. The Balaban J connectivity index is 1.61. The van der Waals surface area contributed by atoms with Crippen molar-refractivity contribution in [3.8, 4) is 17.1 Å². The molecule has 0 aliphatic carbocycles. The number of nitrogens with zero attached hydrogens (tertiary/aromatic N) is 2. The molecule has 5 rings (SSSR count). The minimum Gasteiger partial charge on any atom is -0.497 e. The van der Waals surface area contributed by atoms with Crippen molar-refractivity contribution in [3.63, 3.8) is 0 Å². The number of rotatable bonds is 4. The number of esters is 1. The minimum absolute atomic E-state index is 0.125. The molecule has 2 aromatic heterocycles. The fraction of sp³-hybridized carbons (Fsp3) is 0.375. The first-order chi connectivity index (χ1) is 15.1. The second-order valence-electron chi connectivity index (χ2n) is 9.80. The van der Waals surface area contributed by atoms with E-state index in [0.717, 1.165) is 28.4 Å². The molecule has 3 aromatic rings. The predicted octanol–water partition coefficient (Wildman–Crippen LogP) is 3.34. The number of aromatic nitrogens is 2. The van der Waals surface area contributed by atoms with Crippen molar-refractivity contribution in [2.45, 2.75) is 51.7 Å². The highest BCUT2D eigenvalue weighted by molar-refractivity contribution is 6.76. The van der Waals surface area contributed by atoms with Gasteiger partial charge in [0.2, 0.25) is 0 Å². The second kappa shape index (κ2) is 7.01. The summed E-state index contributed by atoms with van der Waals surface area (Å²) >= 11 is 0. The Labute approximate surface area is 186 Å². The van der Waals surface area contributed by atoms with Crippen LogP contribution in [0.2, 0.25) is 19.6 Å². The summed E-state index contributed by atoms with van der Waals surface area (Å²) in [7, 11) is -1.34. The van der Waals surface area contributed by atoms with Crippen LogP contribution in [0.1, 0.15) is 30.0 Å². The molecular formula is C24H26N2O5Si. The smallest absolute Gasteiger partial charge is 0.343 e. The van der Waals surface area contributed by atoms with Gasteiger partial charge in [0.1, 0.15) is 12.4 Å². The highest BCUT2D eigenvalue weighted by atomic mass is 28.3. The molecule has 0 saturated heterocycles. The Morgan fingerprint density at radius 3 is 2.72 bits per heavy atom. The summed E-state index contributed by atoms with van der Waals surface area (Å²) < 4.78 is 12.8. The predicted molar refractivity (Wildman–Crippen MR) is 123 cm³/mol. The molecule has 0 unspecified atom stereocenters. The molecule has 166 valence electrons. The highest BCUT2D eigenvalue weighted by Crippen LogP contribution is 2.38. The summed E-state index contributed by atoms with van der Waals surface area (Å²) in [5.74, 6) is 0.0980. The lowest BCUT2D eigenvalue weighted by Gasteiger charge is -2.31. The third-order valence-corrected chi connectivity index (χ3v) is 7.16. The van der Waals surface area contributed by atoms with Gasteiger partial charge in [0.15, 0.2) is 5.60 Å². The van der Waals surface area contributed by atoms with Crippen LogP contribution >= 0.6 is 0 Å². The maximum atomic E-state index is 13.2. The third kappa shape index (κ3) is 3.17. The summed E-state index contributed by atoms with van der Waals surface area (Å²) in [5, 5.41) is 11.9. The SMILES string of the molecule is CC[C@@]1(O)C(=O)OCc2c1cc1n(c2=O)Cc2cc3cc(OC[Si](C)(C)C)ccc3nc2-1. The van der Waals surface area contributed by atoms with E-state index in [9.17, 15) is 14.7 Å². The van der Waals surface area contributed by atoms with Crippen molar-refractivity contribution in [3.05, 3.63) is 57.4 Å². The molecule has 0 radical (unpaired) electrons. The molecule has 1 N–H and O–H groups in total. The first kappa shape index (κ1) is 20.9. The summed E-state index contributed by atoms with van der Waals surface area (Å²) in [6.07, 6.45) is 0.865. The van der Waals surface area contributed by atoms with E-state index in [1.165, 1.54) is 0 Å². The molecule has 8 heteroatoms. The van der Waals surface area contributed by atoms with Crippen molar-refractivity contribution in [2.24, 2.45) is 0 Å². The summed E-state index contributed by atoms with van der Waals surface area (Å²) in [5.41, 5.74) is 1.63. The zero-order valence-corrected chi connectivity index (χ0v) is 19.7. The molecule has 4 heterocycles. The average molecular weight is 451 g/mol. The molecule has 0 saturated carbocycles. The summed E-state index contributed by atoms with van der Waals surface area (Å²) in [6, 6.07) is 9.60. The van der Waals surface area contributed by atoms with Crippen molar-refractivity contribution in [2.75, 3.05) is 6.23 Å². The van der Waals surface area contributed by atoms with Gasteiger partial charge in [0.25, 0.3) is 5.56 Å². The Kier molecular flexibility index (Phi) is 4.58. The van der Waals surface area contributed by atoms with Gasteiger partial charge in [-0.15, -0.1) is 0 Å². The van der Waals surface area contributed by atoms with Crippen LogP contribution in [-0.2, 0) is 28.3 Å². The number of fused-ring (bicyclic) bond motifs is 5. The number of carbonyl (C=O) groups is 1. The van der Waals surface area contributed by atoms with Gasteiger partial charge in [-0.25, -0.2) is 9.78 Å². The van der Waals surface area contributed by atoms with Crippen molar-refractivity contribution in [1.29, 1.82) is 0 Å². The Hall–Kier alpha value is -2.97.